The van der Waals surface area contributed by atoms with E-state index in [2.05, 4.69) is 4.98 Å². The van der Waals surface area contributed by atoms with Crippen LogP contribution in [0, 0.1) is 0 Å². The Labute approximate surface area is 212 Å². The van der Waals surface area contributed by atoms with Crippen LogP contribution >= 0.6 is 0 Å². The van der Waals surface area contributed by atoms with Crippen molar-refractivity contribution in [1.29, 1.82) is 0 Å². The summed E-state index contributed by atoms with van der Waals surface area (Å²) in [5, 5.41) is 21.9. The fourth-order valence-corrected chi connectivity index (χ4v) is 4.55. The first-order chi connectivity index (χ1) is 17.8. The molecule has 0 aliphatic carbocycles. The molecular formula is C29H24N2O6. The first-order valence-electron chi connectivity index (χ1n) is 11.7. The van der Waals surface area contributed by atoms with Crippen molar-refractivity contribution in [3.63, 3.8) is 0 Å². The Morgan fingerprint density at radius 1 is 1.00 bits per heavy atom. The zero-order valence-corrected chi connectivity index (χ0v) is 20.1. The zero-order valence-electron chi connectivity index (χ0n) is 20.1. The number of para-hydroxylation sites is 1. The molecule has 1 aliphatic heterocycles. The number of carbonyl (C=O) groups excluding carboxylic acids is 3. The van der Waals surface area contributed by atoms with E-state index in [1.54, 1.807) is 56.4 Å². The van der Waals surface area contributed by atoms with Crippen molar-refractivity contribution in [2.75, 3.05) is 4.90 Å². The molecule has 0 saturated carbocycles. The molecule has 0 bridgehead atoms. The van der Waals surface area contributed by atoms with Gasteiger partial charge in [0.1, 0.15) is 11.5 Å². The van der Waals surface area contributed by atoms with Crippen molar-refractivity contribution in [3.05, 3.63) is 101 Å². The van der Waals surface area contributed by atoms with Gasteiger partial charge in [-0.2, -0.15) is 0 Å². The molecule has 3 N–H and O–H groups in total. The number of Topliss-reactive ketones (excluding diaryl/α,β-unsaturated/α-hetero) is 1. The van der Waals surface area contributed by atoms with Gasteiger partial charge in [0, 0.05) is 28.4 Å². The Morgan fingerprint density at radius 2 is 1.73 bits per heavy atom. The van der Waals surface area contributed by atoms with Crippen LogP contribution in [0.3, 0.4) is 0 Å². The average molecular weight is 497 g/mol. The van der Waals surface area contributed by atoms with Crippen molar-refractivity contribution in [1.82, 2.24) is 4.98 Å². The van der Waals surface area contributed by atoms with Crippen molar-refractivity contribution < 1.29 is 29.3 Å². The Hall–Kier alpha value is -4.85. The van der Waals surface area contributed by atoms with Gasteiger partial charge < -0.3 is 19.9 Å². The molecule has 8 nitrogen and oxygen atoms in total. The molecule has 0 spiro atoms. The van der Waals surface area contributed by atoms with E-state index in [0.717, 1.165) is 5.52 Å². The average Bonchev–Trinajstić information content (AvgIpc) is 3.43. The maximum atomic E-state index is 13.4. The van der Waals surface area contributed by atoms with E-state index in [0.29, 0.717) is 16.5 Å². The number of hydrogen-bond acceptors (Lipinski definition) is 6. The van der Waals surface area contributed by atoms with Crippen LogP contribution in [0.1, 0.15) is 41.4 Å². The van der Waals surface area contributed by atoms with Crippen molar-refractivity contribution >= 4 is 40.0 Å². The number of aromatic hydroxyl groups is 1. The minimum Gasteiger partial charge on any atom is -0.508 e. The number of aromatic amines is 1. The van der Waals surface area contributed by atoms with E-state index in [4.69, 9.17) is 4.74 Å². The third-order valence-corrected chi connectivity index (χ3v) is 6.20. The number of carbonyl (C=O) groups is 3. The summed E-state index contributed by atoms with van der Waals surface area (Å²) >= 11 is 0. The lowest BCUT2D eigenvalue weighted by Gasteiger charge is -2.26. The molecule has 1 atom stereocenters. The Bertz CT molecular complexity index is 1560. The van der Waals surface area contributed by atoms with E-state index in [9.17, 15) is 24.6 Å². The number of esters is 1. The van der Waals surface area contributed by atoms with Crippen molar-refractivity contribution in [2.24, 2.45) is 0 Å². The summed E-state index contributed by atoms with van der Waals surface area (Å²) in [5.74, 6) is -2.60. The number of anilines is 1. The summed E-state index contributed by atoms with van der Waals surface area (Å²) in [5.41, 5.74) is 2.04. The Morgan fingerprint density at radius 3 is 2.46 bits per heavy atom. The molecule has 1 aliphatic rings. The van der Waals surface area contributed by atoms with Gasteiger partial charge in [0.15, 0.2) is 0 Å². The minimum atomic E-state index is -1.01. The first-order valence-corrected chi connectivity index (χ1v) is 11.7. The minimum absolute atomic E-state index is 0.00996. The summed E-state index contributed by atoms with van der Waals surface area (Å²) in [6.45, 7) is 3.46. The fourth-order valence-electron chi connectivity index (χ4n) is 4.55. The fraction of sp³-hybridized carbons (Fsp3) is 0.138. The standard InChI is InChI=1S/C29H24N2O6/c1-16(2)37-29(36)18-6-5-7-19(14-18)31-25(17-10-12-20(32)13-11-17)24(27(34)28(31)35)26(33)22-15-30-23-9-4-3-8-21(22)23/h3-16,25,30,32-33H,1-2H3/b26-24-. The number of nitrogens with one attached hydrogen (secondary N) is 1. The van der Waals surface area contributed by atoms with Crippen LogP contribution in [-0.4, -0.2) is 39.0 Å². The smallest absolute Gasteiger partial charge is 0.338 e. The molecular weight excluding hydrogens is 472 g/mol. The highest BCUT2D eigenvalue weighted by atomic mass is 16.5. The van der Waals surface area contributed by atoms with Gasteiger partial charge >= 0.3 is 5.97 Å². The summed E-state index contributed by atoms with van der Waals surface area (Å²) in [6.07, 6.45) is 1.25. The predicted octanol–water partition coefficient (Wildman–Crippen LogP) is 5.07. The Kier molecular flexibility index (Phi) is 6.01. The predicted molar refractivity (Wildman–Crippen MR) is 138 cm³/mol. The SMILES string of the molecule is CC(C)OC(=O)c1cccc(N2C(=O)C(=O)/C(=C(\O)c3c[nH]c4ccccc34)C2c2ccc(O)cc2)c1. The third kappa shape index (κ3) is 4.23. The highest BCUT2D eigenvalue weighted by Gasteiger charge is 2.47. The van der Waals surface area contributed by atoms with Gasteiger partial charge in [-0.15, -0.1) is 0 Å². The number of phenolic OH excluding ortho intramolecular Hbond substituents is 1. The number of aliphatic hydroxyl groups excluding tert-OH is 1. The van der Waals surface area contributed by atoms with E-state index in [1.807, 2.05) is 18.2 Å². The van der Waals surface area contributed by atoms with Crippen LogP contribution in [-0.2, 0) is 14.3 Å². The summed E-state index contributed by atoms with van der Waals surface area (Å²) in [6, 6.07) is 18.6. The number of ketones is 1. The quantitative estimate of drug-likeness (QED) is 0.154. The van der Waals surface area contributed by atoms with Crippen LogP contribution in [0.15, 0.2) is 84.6 Å². The van der Waals surface area contributed by atoms with Crippen molar-refractivity contribution in [2.45, 2.75) is 26.0 Å². The lowest BCUT2D eigenvalue weighted by atomic mass is 9.95. The monoisotopic (exact) mass is 496 g/mol. The molecule has 5 rings (SSSR count). The van der Waals surface area contributed by atoms with Gasteiger partial charge in [0.05, 0.1) is 23.3 Å². The largest absolute Gasteiger partial charge is 0.508 e. The lowest BCUT2D eigenvalue weighted by Crippen LogP contribution is -2.29. The molecule has 4 aromatic rings. The number of hydrogen-bond donors (Lipinski definition) is 3. The third-order valence-electron chi connectivity index (χ3n) is 6.20. The van der Waals surface area contributed by atoms with Gasteiger partial charge in [0.2, 0.25) is 0 Å². The number of aromatic nitrogens is 1. The van der Waals surface area contributed by atoms with Crippen LogP contribution in [0.4, 0.5) is 5.69 Å². The van der Waals surface area contributed by atoms with Crippen LogP contribution in [0.5, 0.6) is 5.75 Å². The molecule has 37 heavy (non-hydrogen) atoms. The molecule has 2 heterocycles. The number of rotatable bonds is 5. The van der Waals surface area contributed by atoms with Crippen LogP contribution < -0.4 is 4.90 Å². The first kappa shape index (κ1) is 23.9. The molecule has 1 aromatic heterocycles. The van der Waals surface area contributed by atoms with Gasteiger partial charge in [-0.3, -0.25) is 14.5 Å². The number of phenols is 1. The van der Waals surface area contributed by atoms with Gasteiger partial charge in [-0.05, 0) is 55.8 Å². The summed E-state index contributed by atoms with van der Waals surface area (Å²) in [4.78, 5) is 43.7. The lowest BCUT2D eigenvalue weighted by molar-refractivity contribution is -0.132. The van der Waals surface area contributed by atoms with E-state index >= 15 is 0 Å². The highest BCUT2D eigenvalue weighted by Crippen LogP contribution is 2.43. The number of nitrogens with zero attached hydrogens (tertiary/aromatic N) is 1. The van der Waals surface area contributed by atoms with E-state index in [-0.39, 0.29) is 34.4 Å². The molecule has 1 unspecified atom stereocenters. The number of aliphatic hydroxyl groups is 1. The summed E-state index contributed by atoms with van der Waals surface area (Å²) < 4.78 is 5.29. The molecule has 8 heteroatoms. The summed E-state index contributed by atoms with van der Waals surface area (Å²) in [7, 11) is 0. The van der Waals surface area contributed by atoms with Gasteiger partial charge in [-0.25, -0.2) is 4.79 Å². The second-order valence-electron chi connectivity index (χ2n) is 9.01. The van der Waals surface area contributed by atoms with Crippen LogP contribution in [0.2, 0.25) is 0 Å². The van der Waals surface area contributed by atoms with Crippen LogP contribution in [0.25, 0.3) is 16.7 Å². The topological polar surface area (TPSA) is 120 Å². The number of benzene rings is 3. The van der Waals surface area contributed by atoms with E-state index < -0.39 is 23.7 Å². The number of ether oxygens (including phenoxy) is 1. The Balaban J connectivity index is 1.69. The molecule has 186 valence electrons. The number of fused-ring (bicyclic) bond motifs is 1. The number of amides is 1. The molecule has 3 aromatic carbocycles. The molecule has 1 saturated heterocycles. The van der Waals surface area contributed by atoms with Gasteiger partial charge in [-0.1, -0.05) is 36.4 Å². The van der Waals surface area contributed by atoms with Gasteiger partial charge in [0.25, 0.3) is 11.7 Å². The number of H-pyrrole nitrogens is 1. The second kappa shape index (κ2) is 9.31. The second-order valence-corrected chi connectivity index (χ2v) is 9.01. The van der Waals surface area contributed by atoms with Crippen molar-refractivity contribution in [3.8, 4) is 5.75 Å². The normalized spacial score (nSPS) is 17.1. The maximum absolute atomic E-state index is 13.4. The maximum Gasteiger partial charge on any atom is 0.338 e. The molecule has 1 amide bonds. The van der Waals surface area contributed by atoms with E-state index in [1.165, 1.54) is 23.1 Å². The zero-order chi connectivity index (χ0) is 26.3. The molecule has 0 radical (unpaired) electrons. The highest BCUT2D eigenvalue weighted by molar-refractivity contribution is 6.51. The molecule has 1 fully saturated rings.